The Hall–Kier alpha value is -1.57. The summed E-state index contributed by atoms with van der Waals surface area (Å²) in [4.78, 5) is 43.0. The van der Waals surface area contributed by atoms with Crippen LogP contribution in [-0.4, -0.2) is 94.7 Å². The van der Waals surface area contributed by atoms with Gasteiger partial charge < -0.3 is 35.3 Å². The van der Waals surface area contributed by atoms with Crippen LogP contribution in [0.1, 0.15) is 91.9 Å². The maximum atomic E-state index is 14.1. The molecule has 13 atom stereocenters. The first-order chi connectivity index (χ1) is 24.5. The van der Waals surface area contributed by atoms with Gasteiger partial charge in [0, 0.05) is 68.0 Å². The monoisotopic (exact) mass is 745 g/mol. The van der Waals surface area contributed by atoms with E-state index in [4.69, 9.17) is 19.9 Å². The Morgan fingerprint density at radius 3 is 2.76 bits per heavy atom. The average molecular weight is 746 g/mol. The normalized spacial score (nSPS) is 44.3. The lowest BCUT2D eigenvalue weighted by molar-refractivity contribution is -0.229. The molecule has 10 nitrogen and oxygen atoms in total. The number of fused-ring (bicyclic) bond motifs is 7. The Labute approximate surface area is 311 Å². The molecule has 51 heavy (non-hydrogen) atoms. The number of hydrogen-bond donors (Lipinski definition) is 3. The highest BCUT2D eigenvalue weighted by molar-refractivity contribution is 8.76. The highest BCUT2D eigenvalue weighted by atomic mass is 33.1. The zero-order valence-electron chi connectivity index (χ0n) is 30.8. The summed E-state index contributed by atoms with van der Waals surface area (Å²) in [6.07, 6.45) is 10.6. The number of amides is 1. The molecule has 1 amide bonds. The summed E-state index contributed by atoms with van der Waals surface area (Å²) in [7, 11) is 3.75. The zero-order chi connectivity index (χ0) is 36.1. The molecular formula is C39H59N3O7S2. The summed E-state index contributed by atoms with van der Waals surface area (Å²) >= 11 is 0. The minimum atomic E-state index is -0.958. The van der Waals surface area contributed by atoms with E-state index in [0.29, 0.717) is 62.6 Å². The minimum Gasteiger partial charge on any atom is -0.462 e. The van der Waals surface area contributed by atoms with E-state index in [1.807, 2.05) is 28.5 Å². The van der Waals surface area contributed by atoms with Gasteiger partial charge in [0.25, 0.3) is 0 Å². The van der Waals surface area contributed by atoms with Crippen molar-refractivity contribution >= 4 is 39.4 Å². The standard InChI is InChI=1S/C39H59N3O7S2/c1-5-22(3)36(45)49-38(4)10-9-25-20-50-51-21-30-23(6-2)19-42(30)34(44)14-28-18-41-33(40)15-29(28)35(25)39(38)17-27-13-26-12-24(8-7-11-43)37(46)47-31(26)16-32(27)48-39/h5,9,23-24,26-33,35,41,43H,6-8,10-21,40H2,1-4H3/t23-,24?,26?,27?,28?,29?,30-,31?,32?,33?,35+,38-,39-/m1/s1. The highest BCUT2D eigenvalue weighted by Crippen LogP contribution is 2.62. The number of carbonyl (C=O) groups is 3. The zero-order valence-corrected chi connectivity index (χ0v) is 32.5. The van der Waals surface area contributed by atoms with Gasteiger partial charge in [0.1, 0.15) is 17.3 Å². The van der Waals surface area contributed by atoms with Gasteiger partial charge in [0.2, 0.25) is 5.91 Å². The van der Waals surface area contributed by atoms with E-state index >= 15 is 0 Å². The van der Waals surface area contributed by atoms with Gasteiger partial charge >= 0.3 is 11.9 Å². The molecule has 8 unspecified atom stereocenters. The maximum absolute atomic E-state index is 14.1. The first-order valence-electron chi connectivity index (χ1n) is 19.6. The maximum Gasteiger partial charge on any atom is 0.334 e. The molecule has 6 fully saturated rings. The van der Waals surface area contributed by atoms with Crippen molar-refractivity contribution in [3.63, 3.8) is 0 Å². The molecule has 0 aromatic rings. The predicted molar refractivity (Wildman–Crippen MR) is 199 cm³/mol. The minimum absolute atomic E-state index is 0.0486. The quantitative estimate of drug-likeness (QED) is 0.147. The first-order valence-corrected chi connectivity index (χ1v) is 22.1. The summed E-state index contributed by atoms with van der Waals surface area (Å²) in [6.45, 7) is 9.53. The number of hydrogen-bond acceptors (Lipinski definition) is 11. The fourth-order valence-electron chi connectivity index (χ4n) is 10.9. The van der Waals surface area contributed by atoms with E-state index in [2.05, 4.69) is 30.1 Å². The number of aliphatic hydroxyl groups excluding tert-OH is 1. The van der Waals surface area contributed by atoms with Gasteiger partial charge in [-0.2, -0.15) is 0 Å². The Balaban J connectivity index is 1.27. The van der Waals surface area contributed by atoms with Crippen molar-refractivity contribution in [2.45, 2.75) is 128 Å². The fourth-order valence-corrected chi connectivity index (χ4v) is 13.5. The van der Waals surface area contributed by atoms with Crippen LogP contribution in [0.25, 0.3) is 0 Å². The van der Waals surface area contributed by atoms with Crippen molar-refractivity contribution in [3.05, 3.63) is 23.3 Å². The molecule has 0 aromatic carbocycles. The molecule has 12 heteroatoms. The van der Waals surface area contributed by atoms with Gasteiger partial charge in [-0.25, -0.2) is 4.79 Å². The lowest BCUT2D eigenvalue weighted by Crippen LogP contribution is -2.66. The highest BCUT2D eigenvalue weighted by Gasteiger charge is 2.68. The average Bonchev–Trinajstić information content (AvgIpc) is 3.46. The number of esters is 2. The Kier molecular flexibility index (Phi) is 11.3. The molecule has 0 bridgehead atoms. The summed E-state index contributed by atoms with van der Waals surface area (Å²) in [5, 5.41) is 13.0. The van der Waals surface area contributed by atoms with Crippen molar-refractivity contribution in [3.8, 4) is 0 Å². The molecule has 5 aliphatic heterocycles. The third-order valence-electron chi connectivity index (χ3n) is 14.0. The third kappa shape index (κ3) is 6.97. The van der Waals surface area contributed by atoms with Crippen LogP contribution in [-0.2, 0) is 28.6 Å². The van der Waals surface area contributed by atoms with Crippen LogP contribution in [0.3, 0.4) is 0 Å². The van der Waals surface area contributed by atoms with E-state index in [-0.39, 0.29) is 78.3 Å². The number of nitrogens with one attached hydrogen (secondary N) is 1. The number of nitrogens with zero attached hydrogens (tertiary/aromatic N) is 1. The van der Waals surface area contributed by atoms with Gasteiger partial charge in [-0.3, -0.25) is 9.59 Å². The lowest BCUT2D eigenvalue weighted by Gasteiger charge is -2.57. The molecular weight excluding hydrogens is 687 g/mol. The van der Waals surface area contributed by atoms with Gasteiger partial charge in [0.15, 0.2) is 0 Å². The summed E-state index contributed by atoms with van der Waals surface area (Å²) in [6, 6.07) is 0.291. The first kappa shape index (κ1) is 37.7. The molecule has 4 N–H and O–H groups in total. The number of ether oxygens (including phenoxy) is 3. The Bertz CT molecular complexity index is 1410. The molecule has 7 aliphatic rings. The molecule has 5 heterocycles. The number of nitrogens with two attached hydrogens (primary N) is 1. The number of allylic oxidation sites excluding steroid dienone is 1. The third-order valence-corrected chi connectivity index (χ3v) is 16.3. The summed E-state index contributed by atoms with van der Waals surface area (Å²) in [5.74, 6) is 2.35. The smallest absolute Gasteiger partial charge is 0.334 e. The molecule has 0 aromatic heterocycles. The number of aliphatic hydroxyl groups is 1. The van der Waals surface area contributed by atoms with Gasteiger partial charge in [0.05, 0.1) is 18.2 Å². The molecule has 5 saturated heterocycles. The topological polar surface area (TPSA) is 140 Å². The second-order valence-corrected chi connectivity index (χ2v) is 19.3. The second kappa shape index (κ2) is 15.3. The van der Waals surface area contributed by atoms with E-state index in [9.17, 15) is 19.5 Å². The van der Waals surface area contributed by atoms with Crippen molar-refractivity contribution in [1.82, 2.24) is 10.2 Å². The van der Waals surface area contributed by atoms with Crippen molar-refractivity contribution in [1.29, 1.82) is 0 Å². The Morgan fingerprint density at radius 2 is 2.00 bits per heavy atom. The van der Waals surface area contributed by atoms with Crippen molar-refractivity contribution < 1.29 is 33.7 Å². The summed E-state index contributed by atoms with van der Waals surface area (Å²) in [5.41, 5.74) is 6.82. The molecule has 2 aliphatic carbocycles. The van der Waals surface area contributed by atoms with Crippen molar-refractivity contribution in [2.24, 2.45) is 47.2 Å². The van der Waals surface area contributed by atoms with Crippen LogP contribution in [0, 0.1) is 41.4 Å². The van der Waals surface area contributed by atoms with Gasteiger partial charge in [-0.1, -0.05) is 46.2 Å². The van der Waals surface area contributed by atoms with Crippen LogP contribution in [0.15, 0.2) is 23.3 Å². The number of carbonyl (C=O) groups excluding carboxylic acids is 3. The van der Waals surface area contributed by atoms with Crippen LogP contribution in [0.2, 0.25) is 0 Å². The molecule has 0 radical (unpaired) electrons. The largest absolute Gasteiger partial charge is 0.462 e. The van der Waals surface area contributed by atoms with Gasteiger partial charge in [-0.05, 0) is 95.3 Å². The predicted octanol–water partition coefficient (Wildman–Crippen LogP) is 4.99. The summed E-state index contributed by atoms with van der Waals surface area (Å²) < 4.78 is 20.3. The van der Waals surface area contributed by atoms with E-state index in [1.54, 1.807) is 13.0 Å². The van der Waals surface area contributed by atoms with Gasteiger partial charge in [-0.15, -0.1) is 0 Å². The molecule has 284 valence electrons. The van der Waals surface area contributed by atoms with Crippen LogP contribution in [0.5, 0.6) is 0 Å². The fraction of sp³-hybridized carbons (Fsp3) is 0.821. The van der Waals surface area contributed by atoms with Crippen molar-refractivity contribution in [2.75, 3.05) is 31.2 Å². The number of rotatable bonds is 6. The Morgan fingerprint density at radius 1 is 1.18 bits per heavy atom. The van der Waals surface area contributed by atoms with E-state index < -0.39 is 11.2 Å². The molecule has 1 saturated carbocycles. The number of piperidine rings is 1. The SMILES string of the molecule is CC=C(C)C(=O)O[C@]1(C)CC=C2CSSC[C@@H]3[C@H](CC)CN3C(=O)CC3CNC(N)CC3[C@H]2[C@]12CC1CC3CC(CCCO)C(=O)OC3CC1O2. The van der Waals surface area contributed by atoms with E-state index in [0.717, 1.165) is 43.7 Å². The lowest BCUT2D eigenvalue weighted by atomic mass is 9.56. The molecule has 7 rings (SSSR count). The molecule has 1 spiro atoms. The van der Waals surface area contributed by atoms with Crippen LogP contribution in [0.4, 0.5) is 0 Å². The van der Waals surface area contributed by atoms with Crippen LogP contribution >= 0.6 is 21.6 Å². The van der Waals surface area contributed by atoms with Crippen LogP contribution < -0.4 is 11.1 Å². The second-order valence-electron chi connectivity index (χ2n) is 16.8. The van der Waals surface area contributed by atoms with E-state index in [1.165, 1.54) is 5.57 Å².